The number of hydrogen-bond donors (Lipinski definition) is 1. The minimum absolute atomic E-state index is 0.221. The first-order valence-electron chi connectivity index (χ1n) is 8.13. The van der Waals surface area contributed by atoms with Crippen LogP contribution in [0.1, 0.15) is 35.7 Å². The van der Waals surface area contributed by atoms with Gasteiger partial charge < -0.3 is 5.32 Å². The molecule has 1 aliphatic carbocycles. The molecule has 0 amide bonds. The minimum atomic E-state index is -4.71. The number of benzene rings is 1. The maximum atomic E-state index is 14.0. The molecule has 2 heterocycles. The molecule has 0 spiro atoms. The molecule has 1 N–H and O–H groups in total. The van der Waals surface area contributed by atoms with E-state index in [1.54, 1.807) is 6.07 Å². The molecule has 0 radical (unpaired) electrons. The molecule has 9 heteroatoms. The van der Waals surface area contributed by atoms with Crippen LogP contribution in [0.3, 0.4) is 0 Å². The van der Waals surface area contributed by atoms with E-state index in [0.29, 0.717) is 17.2 Å². The summed E-state index contributed by atoms with van der Waals surface area (Å²) in [7, 11) is 0. The second-order valence-corrected chi connectivity index (χ2v) is 6.45. The fraction of sp³-hybridized carbons (Fsp3) is 0.353. The highest BCUT2D eigenvalue weighted by molar-refractivity contribution is 5.47. The number of hydrogen-bond acceptors (Lipinski definition) is 4. The topological polar surface area (TPSA) is 55.1 Å². The largest absolute Gasteiger partial charge is 0.419 e. The van der Waals surface area contributed by atoms with Crippen molar-refractivity contribution < 1.29 is 17.6 Å². The van der Waals surface area contributed by atoms with Gasteiger partial charge in [-0.25, -0.2) is 9.37 Å². The maximum absolute atomic E-state index is 14.0. The number of aromatic nitrogens is 4. The standard InChI is InChI=1S/C17H15F4N5/c1-9-6-14(26-16(24-9)22-8-23-26)25-15(10-2-3-10)11-4-5-12(13(18)7-11)17(19,20)21/h4-8,10,15,25H,2-3H2,1H3. The monoisotopic (exact) mass is 365 g/mol. The van der Waals surface area contributed by atoms with E-state index in [0.717, 1.165) is 30.7 Å². The zero-order valence-electron chi connectivity index (χ0n) is 13.8. The molecule has 136 valence electrons. The van der Waals surface area contributed by atoms with Gasteiger partial charge in [0.05, 0.1) is 11.6 Å². The maximum Gasteiger partial charge on any atom is 0.419 e. The zero-order chi connectivity index (χ0) is 18.5. The van der Waals surface area contributed by atoms with E-state index in [1.165, 1.54) is 16.9 Å². The van der Waals surface area contributed by atoms with E-state index in [2.05, 4.69) is 20.4 Å². The number of nitrogens with zero attached hydrogens (tertiary/aromatic N) is 4. The second kappa shape index (κ2) is 5.93. The Labute approximate surface area is 146 Å². The summed E-state index contributed by atoms with van der Waals surface area (Å²) in [6.45, 7) is 1.81. The fourth-order valence-corrected chi connectivity index (χ4v) is 3.05. The predicted molar refractivity (Wildman–Crippen MR) is 86.0 cm³/mol. The van der Waals surface area contributed by atoms with Crippen LogP contribution in [0.4, 0.5) is 23.4 Å². The third-order valence-corrected chi connectivity index (χ3v) is 4.43. The van der Waals surface area contributed by atoms with Gasteiger partial charge in [-0.2, -0.15) is 27.8 Å². The van der Waals surface area contributed by atoms with E-state index in [-0.39, 0.29) is 12.0 Å². The van der Waals surface area contributed by atoms with Gasteiger partial charge in [0, 0.05) is 11.8 Å². The molecule has 0 saturated heterocycles. The molecule has 1 fully saturated rings. The van der Waals surface area contributed by atoms with Gasteiger partial charge in [-0.1, -0.05) is 6.07 Å². The lowest BCUT2D eigenvalue weighted by atomic mass is 10.00. The van der Waals surface area contributed by atoms with Crippen molar-refractivity contribution in [2.45, 2.75) is 32.0 Å². The highest BCUT2D eigenvalue weighted by Gasteiger charge is 2.37. The summed E-state index contributed by atoms with van der Waals surface area (Å²) in [6, 6.07) is 4.54. The Morgan fingerprint density at radius 2 is 2.00 bits per heavy atom. The van der Waals surface area contributed by atoms with Crippen molar-refractivity contribution in [3.63, 3.8) is 0 Å². The summed E-state index contributed by atoms with van der Waals surface area (Å²) in [4.78, 5) is 8.30. The van der Waals surface area contributed by atoms with Crippen LogP contribution in [-0.2, 0) is 6.18 Å². The summed E-state index contributed by atoms with van der Waals surface area (Å²) < 4.78 is 53.9. The molecule has 1 unspecified atom stereocenters. The van der Waals surface area contributed by atoms with Crippen LogP contribution in [0.25, 0.3) is 5.78 Å². The molecular weight excluding hydrogens is 350 g/mol. The lowest BCUT2D eigenvalue weighted by Gasteiger charge is -2.21. The number of alkyl halides is 3. The first-order chi connectivity index (χ1) is 12.3. The molecule has 0 aliphatic heterocycles. The van der Waals surface area contributed by atoms with Gasteiger partial charge in [-0.05, 0) is 43.4 Å². The molecule has 1 saturated carbocycles. The van der Waals surface area contributed by atoms with Crippen LogP contribution in [0.5, 0.6) is 0 Å². The molecule has 1 atom stereocenters. The number of aryl methyl sites for hydroxylation is 1. The van der Waals surface area contributed by atoms with Crippen molar-refractivity contribution in [3.8, 4) is 0 Å². The summed E-state index contributed by atoms with van der Waals surface area (Å²) in [5.41, 5.74) is -0.0592. The molecule has 5 nitrogen and oxygen atoms in total. The van der Waals surface area contributed by atoms with Gasteiger partial charge in [0.2, 0.25) is 0 Å². The van der Waals surface area contributed by atoms with Crippen molar-refractivity contribution >= 4 is 11.6 Å². The van der Waals surface area contributed by atoms with E-state index in [4.69, 9.17) is 0 Å². The Hall–Kier alpha value is -2.71. The number of nitrogens with one attached hydrogen (secondary N) is 1. The average Bonchev–Trinajstić information content (AvgIpc) is 3.28. The summed E-state index contributed by atoms with van der Waals surface area (Å²) in [6.07, 6.45) is -1.49. The molecule has 1 aromatic carbocycles. The molecule has 4 rings (SSSR count). The van der Waals surface area contributed by atoms with Crippen LogP contribution >= 0.6 is 0 Å². The Balaban J connectivity index is 1.71. The number of fused-ring (bicyclic) bond motifs is 1. The van der Waals surface area contributed by atoms with Gasteiger partial charge in [0.1, 0.15) is 18.0 Å². The Bertz CT molecular complexity index is 961. The third-order valence-electron chi connectivity index (χ3n) is 4.43. The van der Waals surface area contributed by atoms with Crippen molar-refractivity contribution in [1.82, 2.24) is 19.6 Å². The van der Waals surface area contributed by atoms with Gasteiger partial charge in [-0.3, -0.25) is 0 Å². The van der Waals surface area contributed by atoms with Crippen LogP contribution in [0.2, 0.25) is 0 Å². The normalized spacial score (nSPS) is 16.0. The number of anilines is 1. The SMILES string of the molecule is Cc1cc(NC(c2ccc(C(F)(F)F)c(F)c2)C2CC2)n2ncnc2n1. The van der Waals surface area contributed by atoms with Crippen molar-refractivity contribution in [3.05, 3.63) is 53.2 Å². The zero-order valence-corrected chi connectivity index (χ0v) is 13.8. The smallest absolute Gasteiger partial charge is 0.363 e. The molecule has 1 aliphatic rings. The van der Waals surface area contributed by atoms with Crippen LogP contribution in [0, 0.1) is 18.7 Å². The van der Waals surface area contributed by atoms with E-state index >= 15 is 0 Å². The van der Waals surface area contributed by atoms with Crippen LogP contribution in [-0.4, -0.2) is 19.6 Å². The van der Waals surface area contributed by atoms with Crippen molar-refractivity contribution in [2.24, 2.45) is 5.92 Å². The third kappa shape index (κ3) is 3.09. The van der Waals surface area contributed by atoms with E-state index in [9.17, 15) is 17.6 Å². The Kier molecular flexibility index (Phi) is 3.82. The molecule has 2 aromatic heterocycles. The van der Waals surface area contributed by atoms with E-state index < -0.39 is 17.6 Å². The molecular formula is C17H15F4N5. The Morgan fingerprint density at radius 3 is 2.65 bits per heavy atom. The first kappa shape index (κ1) is 16.7. The lowest BCUT2D eigenvalue weighted by molar-refractivity contribution is -0.140. The number of halogens is 4. The van der Waals surface area contributed by atoms with Crippen LogP contribution < -0.4 is 5.32 Å². The molecule has 0 bridgehead atoms. The van der Waals surface area contributed by atoms with Crippen LogP contribution in [0.15, 0.2) is 30.6 Å². The minimum Gasteiger partial charge on any atom is -0.363 e. The highest BCUT2D eigenvalue weighted by Crippen LogP contribution is 2.44. The average molecular weight is 365 g/mol. The van der Waals surface area contributed by atoms with Crippen molar-refractivity contribution in [2.75, 3.05) is 5.32 Å². The highest BCUT2D eigenvalue weighted by atomic mass is 19.4. The van der Waals surface area contributed by atoms with Crippen molar-refractivity contribution in [1.29, 1.82) is 0 Å². The Morgan fingerprint density at radius 1 is 1.23 bits per heavy atom. The predicted octanol–water partition coefficient (Wildman–Crippen LogP) is 4.15. The van der Waals surface area contributed by atoms with Gasteiger partial charge in [-0.15, -0.1) is 0 Å². The summed E-state index contributed by atoms with van der Waals surface area (Å²) in [5.74, 6) is -0.0136. The van der Waals surface area contributed by atoms with Gasteiger partial charge >= 0.3 is 6.18 Å². The fourth-order valence-electron chi connectivity index (χ4n) is 3.05. The first-order valence-corrected chi connectivity index (χ1v) is 8.13. The van der Waals surface area contributed by atoms with Gasteiger partial charge in [0.15, 0.2) is 0 Å². The number of rotatable bonds is 4. The summed E-state index contributed by atoms with van der Waals surface area (Å²) >= 11 is 0. The quantitative estimate of drug-likeness (QED) is 0.706. The van der Waals surface area contributed by atoms with E-state index in [1.807, 2.05) is 6.92 Å². The second-order valence-electron chi connectivity index (χ2n) is 6.45. The lowest BCUT2D eigenvalue weighted by Crippen LogP contribution is -2.17. The summed E-state index contributed by atoms with van der Waals surface area (Å²) in [5, 5.41) is 7.39. The molecule has 26 heavy (non-hydrogen) atoms. The van der Waals surface area contributed by atoms with Gasteiger partial charge in [0.25, 0.3) is 5.78 Å². The molecule has 3 aromatic rings.